The van der Waals surface area contributed by atoms with E-state index in [9.17, 15) is 9.90 Å². The van der Waals surface area contributed by atoms with Gasteiger partial charge in [-0.05, 0) is 47.9 Å². The molecule has 3 aromatic carbocycles. The molecular formula is C24H20O3. The number of aryl methyl sites for hydroxylation is 1. The molecule has 0 saturated heterocycles. The van der Waals surface area contributed by atoms with Crippen LogP contribution in [0.3, 0.4) is 0 Å². The van der Waals surface area contributed by atoms with E-state index in [1.807, 2.05) is 18.2 Å². The zero-order valence-corrected chi connectivity index (χ0v) is 15.2. The van der Waals surface area contributed by atoms with Gasteiger partial charge in [0.15, 0.2) is 5.78 Å². The summed E-state index contributed by atoms with van der Waals surface area (Å²) in [6.07, 6.45) is 2.19. The van der Waals surface area contributed by atoms with Gasteiger partial charge in [0, 0.05) is 29.9 Å². The third kappa shape index (κ3) is 2.54. The maximum Gasteiger partial charge on any atom is 0.163 e. The number of ketones is 1. The molecule has 2 aliphatic rings. The Morgan fingerprint density at radius 1 is 1.00 bits per heavy atom. The highest BCUT2D eigenvalue weighted by molar-refractivity contribution is 6.01. The second kappa shape index (κ2) is 5.98. The van der Waals surface area contributed by atoms with Gasteiger partial charge in [-0.2, -0.15) is 0 Å². The molecule has 1 unspecified atom stereocenters. The molecule has 27 heavy (non-hydrogen) atoms. The van der Waals surface area contributed by atoms with Crippen LogP contribution in [0.25, 0.3) is 10.8 Å². The van der Waals surface area contributed by atoms with E-state index < -0.39 is 0 Å². The number of rotatable bonds is 1. The van der Waals surface area contributed by atoms with Crippen LogP contribution >= 0.6 is 0 Å². The molecule has 0 amide bonds. The van der Waals surface area contributed by atoms with Gasteiger partial charge in [0.05, 0.1) is 0 Å². The Kier molecular flexibility index (Phi) is 3.57. The van der Waals surface area contributed by atoms with Crippen molar-refractivity contribution >= 4 is 16.6 Å². The number of Topliss-reactive ketones (excluding diaryl/α,β-unsaturated/α-hetero) is 1. The predicted octanol–water partition coefficient (Wildman–Crippen LogP) is 5.39. The van der Waals surface area contributed by atoms with Gasteiger partial charge < -0.3 is 9.84 Å². The summed E-state index contributed by atoms with van der Waals surface area (Å²) in [5.74, 6) is 1.82. The van der Waals surface area contributed by atoms with Gasteiger partial charge in [-0.1, -0.05) is 42.0 Å². The third-order valence-corrected chi connectivity index (χ3v) is 5.64. The number of fused-ring (bicyclic) bond motifs is 3. The van der Waals surface area contributed by atoms with Gasteiger partial charge in [0.2, 0.25) is 0 Å². The second-order valence-corrected chi connectivity index (χ2v) is 7.44. The molecule has 3 heteroatoms. The van der Waals surface area contributed by atoms with Crippen molar-refractivity contribution in [3.8, 4) is 11.5 Å². The molecule has 5 rings (SSSR count). The lowest BCUT2D eigenvalue weighted by atomic mass is 9.75. The van der Waals surface area contributed by atoms with Gasteiger partial charge in [-0.3, -0.25) is 4.79 Å². The summed E-state index contributed by atoms with van der Waals surface area (Å²) in [6, 6.07) is 17.7. The lowest BCUT2D eigenvalue weighted by Crippen LogP contribution is -2.25. The van der Waals surface area contributed by atoms with Gasteiger partial charge in [0.25, 0.3) is 0 Å². The monoisotopic (exact) mass is 356 g/mol. The highest BCUT2D eigenvalue weighted by Gasteiger charge is 2.37. The van der Waals surface area contributed by atoms with E-state index in [1.54, 1.807) is 12.1 Å². The fourth-order valence-corrected chi connectivity index (χ4v) is 4.33. The van der Waals surface area contributed by atoms with Crippen LogP contribution in [-0.2, 0) is 4.79 Å². The van der Waals surface area contributed by atoms with Crippen molar-refractivity contribution in [2.75, 3.05) is 0 Å². The summed E-state index contributed by atoms with van der Waals surface area (Å²) in [5.41, 5.74) is 4.03. The number of hydrogen-bond acceptors (Lipinski definition) is 3. The summed E-state index contributed by atoms with van der Waals surface area (Å²) in [6.45, 7) is 2.06. The average molecular weight is 356 g/mol. The number of phenols is 1. The second-order valence-electron chi connectivity index (χ2n) is 7.44. The minimum atomic E-state index is -0.164. The molecule has 0 saturated carbocycles. The van der Waals surface area contributed by atoms with Crippen molar-refractivity contribution in [2.45, 2.75) is 32.1 Å². The summed E-state index contributed by atoms with van der Waals surface area (Å²) in [7, 11) is 0. The van der Waals surface area contributed by atoms with E-state index in [2.05, 4.69) is 31.2 Å². The molecule has 0 bridgehead atoms. The Morgan fingerprint density at radius 3 is 2.59 bits per heavy atom. The first kappa shape index (κ1) is 16.1. The van der Waals surface area contributed by atoms with Crippen molar-refractivity contribution < 1.29 is 14.6 Å². The molecular weight excluding hydrogens is 336 g/mol. The van der Waals surface area contributed by atoms with Gasteiger partial charge in [-0.15, -0.1) is 0 Å². The molecule has 1 aliphatic carbocycles. The molecule has 3 nitrogen and oxygen atoms in total. The van der Waals surface area contributed by atoms with Gasteiger partial charge in [0.1, 0.15) is 17.3 Å². The topological polar surface area (TPSA) is 46.5 Å². The van der Waals surface area contributed by atoms with Gasteiger partial charge in [-0.25, -0.2) is 0 Å². The average Bonchev–Trinajstić information content (AvgIpc) is 2.67. The molecule has 0 fully saturated rings. The molecule has 1 aliphatic heterocycles. The number of benzene rings is 3. The van der Waals surface area contributed by atoms with Crippen molar-refractivity contribution in [3.05, 3.63) is 82.6 Å². The molecule has 0 radical (unpaired) electrons. The highest BCUT2D eigenvalue weighted by atomic mass is 16.5. The number of aromatic hydroxyl groups is 1. The number of ether oxygens (including phenoxy) is 1. The van der Waals surface area contributed by atoms with Crippen LogP contribution in [0.15, 0.2) is 65.9 Å². The Bertz CT molecular complexity index is 1110. The van der Waals surface area contributed by atoms with Crippen molar-refractivity contribution in [2.24, 2.45) is 0 Å². The molecule has 134 valence electrons. The zero-order chi connectivity index (χ0) is 18.5. The van der Waals surface area contributed by atoms with Crippen molar-refractivity contribution in [3.63, 3.8) is 0 Å². The molecule has 1 heterocycles. The van der Waals surface area contributed by atoms with Crippen LogP contribution in [0.2, 0.25) is 0 Å². The smallest absolute Gasteiger partial charge is 0.163 e. The van der Waals surface area contributed by atoms with Crippen LogP contribution in [0, 0.1) is 6.92 Å². The maximum atomic E-state index is 12.9. The zero-order valence-electron chi connectivity index (χ0n) is 15.2. The van der Waals surface area contributed by atoms with E-state index in [4.69, 9.17) is 4.74 Å². The van der Waals surface area contributed by atoms with Crippen molar-refractivity contribution in [1.29, 1.82) is 0 Å². The van der Waals surface area contributed by atoms with Crippen molar-refractivity contribution in [1.82, 2.24) is 0 Å². The number of allylic oxidation sites excluding steroid dienone is 2. The first-order valence-corrected chi connectivity index (χ1v) is 9.38. The Labute approximate surface area is 157 Å². The summed E-state index contributed by atoms with van der Waals surface area (Å²) >= 11 is 0. The lowest BCUT2D eigenvalue weighted by Gasteiger charge is -2.33. The maximum absolute atomic E-state index is 12.9. The molecule has 0 spiro atoms. The summed E-state index contributed by atoms with van der Waals surface area (Å²) in [4.78, 5) is 12.9. The summed E-state index contributed by atoms with van der Waals surface area (Å²) < 4.78 is 6.21. The largest absolute Gasteiger partial charge is 0.508 e. The van der Waals surface area contributed by atoms with E-state index >= 15 is 0 Å². The van der Waals surface area contributed by atoms with Crippen LogP contribution in [0.4, 0.5) is 0 Å². The molecule has 1 N–H and O–H groups in total. The quantitative estimate of drug-likeness (QED) is 0.636. The molecule has 3 aromatic rings. The van der Waals surface area contributed by atoms with Crippen LogP contribution in [-0.4, -0.2) is 10.9 Å². The SMILES string of the molecule is Cc1ccc(C2C3=C(CCCC3=O)Oc3ccc4ccc(O)cc4c32)cc1. The van der Waals surface area contributed by atoms with E-state index in [-0.39, 0.29) is 17.5 Å². The fourth-order valence-electron chi connectivity index (χ4n) is 4.33. The van der Waals surface area contributed by atoms with E-state index in [1.165, 1.54) is 5.56 Å². The van der Waals surface area contributed by atoms with Crippen LogP contribution in [0.1, 0.15) is 41.9 Å². The normalized spacial score (nSPS) is 18.9. The lowest BCUT2D eigenvalue weighted by molar-refractivity contribution is -0.116. The summed E-state index contributed by atoms with van der Waals surface area (Å²) in [5, 5.41) is 12.1. The Morgan fingerprint density at radius 2 is 1.78 bits per heavy atom. The van der Waals surface area contributed by atoms with E-state index in [0.717, 1.165) is 51.8 Å². The standard InChI is InChI=1S/C24H20O3/c1-14-5-7-16(8-6-14)22-23-18-13-17(25)11-9-15(18)10-12-21(23)27-20-4-2-3-19(26)24(20)22/h5-13,22,25H,2-4H2,1H3. The van der Waals surface area contributed by atoms with Crippen LogP contribution in [0.5, 0.6) is 11.5 Å². The molecule has 1 atom stereocenters. The molecule has 0 aromatic heterocycles. The van der Waals surface area contributed by atoms with E-state index in [0.29, 0.717) is 6.42 Å². The minimum absolute atomic E-state index is 0.164. The number of carbonyl (C=O) groups excluding carboxylic acids is 1. The Hall–Kier alpha value is -3.07. The first-order chi connectivity index (χ1) is 13.1. The predicted molar refractivity (Wildman–Crippen MR) is 105 cm³/mol. The Balaban J connectivity index is 1.84. The number of carbonyl (C=O) groups is 1. The number of hydrogen-bond donors (Lipinski definition) is 1. The van der Waals surface area contributed by atoms with Crippen LogP contribution < -0.4 is 4.74 Å². The first-order valence-electron chi connectivity index (χ1n) is 9.38. The van der Waals surface area contributed by atoms with Gasteiger partial charge >= 0.3 is 0 Å². The minimum Gasteiger partial charge on any atom is -0.508 e. The fraction of sp³-hybridized carbons (Fsp3) is 0.208. The third-order valence-electron chi connectivity index (χ3n) is 5.64. The number of phenolic OH excluding ortho intramolecular Hbond substituents is 1. The highest BCUT2D eigenvalue weighted by Crippen LogP contribution is 2.49.